The smallest absolute Gasteiger partial charge is 0.268 e. The normalized spacial score (nSPS) is 12.5. The van der Waals surface area contributed by atoms with E-state index in [0.29, 0.717) is 0 Å². The van der Waals surface area contributed by atoms with E-state index in [-0.39, 0.29) is 10.3 Å². The molecule has 0 saturated heterocycles. The van der Waals surface area contributed by atoms with E-state index in [1.807, 2.05) is 4.72 Å². The molecule has 5 nitrogen and oxygen atoms in total. The lowest BCUT2D eigenvalue weighted by Gasteiger charge is -2.11. The Hall–Kier alpha value is -0.870. The second-order valence-corrected chi connectivity index (χ2v) is 5.13. The zero-order valence-corrected chi connectivity index (χ0v) is 10.5. The van der Waals surface area contributed by atoms with Crippen LogP contribution in [-0.2, 0) is 10.2 Å². The van der Waals surface area contributed by atoms with Gasteiger partial charge in [0.25, 0.3) is 10.2 Å². The highest BCUT2D eigenvalue weighted by Gasteiger charge is 2.29. The first kappa shape index (κ1) is 14.2. The number of nitrogens with one attached hydrogen (secondary N) is 2. The standard InChI is InChI=1S/C7H7BrF3N3O2S/c8-6-5(2-1-3-12-6)14-17(15,16)13-4-7(9,10)11/h1-3,13-14H,4H2. The lowest BCUT2D eigenvalue weighted by atomic mass is 10.4. The Labute approximate surface area is 104 Å². The number of rotatable bonds is 4. The molecular weight excluding hydrogens is 327 g/mol. The SMILES string of the molecule is O=S(=O)(NCC(F)(F)F)Nc1cccnc1Br. The molecule has 0 bridgehead atoms. The highest BCUT2D eigenvalue weighted by atomic mass is 79.9. The molecule has 0 aliphatic rings. The molecule has 0 spiro atoms. The fraction of sp³-hybridized carbons (Fsp3) is 0.286. The van der Waals surface area contributed by atoms with E-state index in [4.69, 9.17) is 0 Å². The molecule has 1 rings (SSSR count). The molecule has 1 heterocycles. The van der Waals surface area contributed by atoms with E-state index in [0.717, 1.165) is 0 Å². The minimum Gasteiger partial charge on any atom is -0.268 e. The maximum atomic E-state index is 11.8. The van der Waals surface area contributed by atoms with E-state index in [1.54, 1.807) is 0 Å². The number of anilines is 1. The van der Waals surface area contributed by atoms with Crippen molar-refractivity contribution in [3.8, 4) is 0 Å². The molecule has 0 fully saturated rings. The summed E-state index contributed by atoms with van der Waals surface area (Å²) in [5.74, 6) is 0. The van der Waals surface area contributed by atoms with Gasteiger partial charge in [0.1, 0.15) is 11.1 Å². The van der Waals surface area contributed by atoms with Gasteiger partial charge in [0.05, 0.1) is 5.69 Å². The van der Waals surface area contributed by atoms with Gasteiger partial charge in [0.15, 0.2) is 0 Å². The van der Waals surface area contributed by atoms with Crippen LogP contribution in [0.2, 0.25) is 0 Å². The van der Waals surface area contributed by atoms with E-state index < -0.39 is 22.9 Å². The van der Waals surface area contributed by atoms with Crippen molar-refractivity contribution in [3.63, 3.8) is 0 Å². The molecular formula is C7H7BrF3N3O2S. The molecule has 0 unspecified atom stereocenters. The fourth-order valence-electron chi connectivity index (χ4n) is 0.820. The summed E-state index contributed by atoms with van der Waals surface area (Å²) >= 11 is 2.95. The van der Waals surface area contributed by atoms with Crippen LogP contribution in [0.5, 0.6) is 0 Å². The molecule has 10 heteroatoms. The number of halogens is 4. The number of hydrogen-bond acceptors (Lipinski definition) is 3. The summed E-state index contributed by atoms with van der Waals surface area (Å²) in [4.78, 5) is 3.71. The van der Waals surface area contributed by atoms with Crippen LogP contribution in [0.3, 0.4) is 0 Å². The minimum atomic E-state index is -4.61. The second kappa shape index (κ2) is 5.19. The topological polar surface area (TPSA) is 71.1 Å². The van der Waals surface area contributed by atoms with Crippen molar-refractivity contribution in [2.24, 2.45) is 0 Å². The molecule has 0 saturated carbocycles. The Morgan fingerprint density at radius 2 is 2.06 bits per heavy atom. The van der Waals surface area contributed by atoms with Crippen molar-refractivity contribution in [1.82, 2.24) is 9.71 Å². The Bertz CT molecular complexity index is 491. The summed E-state index contributed by atoms with van der Waals surface area (Å²) in [5.41, 5.74) is 0.0437. The Morgan fingerprint density at radius 3 is 2.59 bits per heavy atom. The molecule has 96 valence electrons. The van der Waals surface area contributed by atoms with Crippen LogP contribution >= 0.6 is 15.9 Å². The van der Waals surface area contributed by atoms with Gasteiger partial charge in [-0.2, -0.15) is 26.3 Å². The molecule has 17 heavy (non-hydrogen) atoms. The van der Waals surface area contributed by atoms with Crippen molar-refractivity contribution in [1.29, 1.82) is 0 Å². The first-order valence-electron chi connectivity index (χ1n) is 4.14. The Kier molecular flexibility index (Phi) is 4.33. The number of nitrogens with zero attached hydrogens (tertiary/aromatic N) is 1. The summed E-state index contributed by atoms with van der Waals surface area (Å²) < 4.78 is 61.4. The molecule has 0 aliphatic carbocycles. The lowest BCUT2D eigenvalue weighted by molar-refractivity contribution is -0.121. The molecule has 0 amide bonds. The molecule has 1 aromatic rings. The summed E-state index contributed by atoms with van der Waals surface area (Å²) in [7, 11) is -4.28. The summed E-state index contributed by atoms with van der Waals surface area (Å²) in [6, 6.07) is 2.79. The third-order valence-corrected chi connectivity index (χ3v) is 3.11. The summed E-state index contributed by atoms with van der Waals surface area (Å²) in [6.45, 7) is -1.64. The van der Waals surface area contributed by atoms with Crippen LogP contribution in [-0.4, -0.2) is 26.1 Å². The zero-order valence-electron chi connectivity index (χ0n) is 8.12. The van der Waals surface area contributed by atoms with Gasteiger partial charge in [-0.1, -0.05) is 0 Å². The average Bonchev–Trinajstić information content (AvgIpc) is 2.18. The van der Waals surface area contributed by atoms with Crippen molar-refractivity contribution in [2.45, 2.75) is 6.18 Å². The van der Waals surface area contributed by atoms with Crippen molar-refractivity contribution in [2.75, 3.05) is 11.3 Å². The van der Waals surface area contributed by atoms with Gasteiger partial charge in [-0.3, -0.25) is 4.72 Å². The van der Waals surface area contributed by atoms with Crippen LogP contribution < -0.4 is 9.44 Å². The van der Waals surface area contributed by atoms with Gasteiger partial charge in [0, 0.05) is 6.20 Å². The van der Waals surface area contributed by atoms with Gasteiger partial charge >= 0.3 is 6.18 Å². The predicted molar refractivity (Wildman–Crippen MR) is 58.5 cm³/mol. The van der Waals surface area contributed by atoms with Crippen molar-refractivity contribution in [3.05, 3.63) is 22.9 Å². The van der Waals surface area contributed by atoms with E-state index in [9.17, 15) is 21.6 Å². The van der Waals surface area contributed by atoms with Crippen molar-refractivity contribution >= 4 is 31.8 Å². The third kappa shape index (κ3) is 5.33. The number of alkyl halides is 3. The van der Waals surface area contributed by atoms with Gasteiger partial charge in [0.2, 0.25) is 0 Å². The van der Waals surface area contributed by atoms with Gasteiger partial charge in [-0.05, 0) is 28.1 Å². The first-order chi connectivity index (χ1) is 7.70. The van der Waals surface area contributed by atoms with Crippen LogP contribution in [0, 0.1) is 0 Å². The van der Waals surface area contributed by atoms with Crippen LogP contribution in [0.15, 0.2) is 22.9 Å². The number of hydrogen-bond donors (Lipinski definition) is 2. The van der Waals surface area contributed by atoms with Crippen molar-refractivity contribution < 1.29 is 21.6 Å². The molecule has 1 aromatic heterocycles. The minimum absolute atomic E-state index is 0.0437. The maximum Gasteiger partial charge on any atom is 0.402 e. The quantitative estimate of drug-likeness (QED) is 0.823. The van der Waals surface area contributed by atoms with E-state index in [2.05, 4.69) is 20.9 Å². The monoisotopic (exact) mass is 333 g/mol. The maximum absolute atomic E-state index is 11.8. The molecule has 0 aliphatic heterocycles. The van der Waals surface area contributed by atoms with Crippen LogP contribution in [0.25, 0.3) is 0 Å². The Balaban J connectivity index is 2.71. The van der Waals surface area contributed by atoms with E-state index in [1.165, 1.54) is 23.1 Å². The first-order valence-corrected chi connectivity index (χ1v) is 6.42. The predicted octanol–water partition coefficient (Wildman–Crippen LogP) is 1.65. The third-order valence-electron chi connectivity index (χ3n) is 1.47. The van der Waals surface area contributed by atoms with Gasteiger partial charge < -0.3 is 0 Å². The second-order valence-electron chi connectivity index (χ2n) is 2.88. The van der Waals surface area contributed by atoms with Gasteiger partial charge in [-0.25, -0.2) is 4.98 Å². The largest absolute Gasteiger partial charge is 0.402 e. The molecule has 2 N–H and O–H groups in total. The molecule has 0 radical (unpaired) electrons. The number of aromatic nitrogens is 1. The Morgan fingerprint density at radius 1 is 1.41 bits per heavy atom. The summed E-state index contributed by atoms with van der Waals surface area (Å²) in [5, 5.41) is 0. The highest BCUT2D eigenvalue weighted by molar-refractivity contribution is 9.10. The zero-order chi connectivity index (χ0) is 13.1. The van der Waals surface area contributed by atoms with E-state index >= 15 is 0 Å². The lowest BCUT2D eigenvalue weighted by Crippen LogP contribution is -2.37. The molecule has 0 aromatic carbocycles. The van der Waals surface area contributed by atoms with Crippen LogP contribution in [0.4, 0.5) is 18.9 Å². The summed E-state index contributed by atoms with van der Waals surface area (Å²) in [6.07, 6.45) is -3.22. The highest BCUT2D eigenvalue weighted by Crippen LogP contribution is 2.19. The average molecular weight is 334 g/mol. The number of pyridine rings is 1. The molecule has 0 atom stereocenters. The fourth-order valence-corrected chi connectivity index (χ4v) is 2.18. The van der Waals surface area contributed by atoms with Crippen LogP contribution in [0.1, 0.15) is 0 Å². The van der Waals surface area contributed by atoms with Gasteiger partial charge in [-0.15, -0.1) is 0 Å².